The molecule has 4 nitrogen and oxygen atoms in total. The van der Waals surface area contributed by atoms with Gasteiger partial charge in [-0.2, -0.15) is 0 Å². The van der Waals surface area contributed by atoms with Crippen LogP contribution in [-0.2, 0) is 11.2 Å². The molecule has 80 valence electrons. The van der Waals surface area contributed by atoms with Crippen molar-refractivity contribution in [2.24, 2.45) is 0 Å². The fourth-order valence-electron chi connectivity index (χ4n) is 1.16. The summed E-state index contributed by atoms with van der Waals surface area (Å²) in [5.74, 6) is -1.04. The van der Waals surface area contributed by atoms with Gasteiger partial charge < -0.3 is 0 Å². The zero-order valence-corrected chi connectivity index (χ0v) is 8.55. The molecule has 0 saturated carbocycles. The van der Waals surface area contributed by atoms with E-state index >= 15 is 0 Å². The predicted octanol–water partition coefficient (Wildman–Crippen LogP) is 2.52. The van der Waals surface area contributed by atoms with E-state index in [2.05, 4.69) is 0 Å². The summed E-state index contributed by atoms with van der Waals surface area (Å²) in [6, 6.07) is 1.83. The molecule has 15 heavy (non-hydrogen) atoms. The van der Waals surface area contributed by atoms with Gasteiger partial charge in [-0.25, -0.2) is 4.39 Å². The molecule has 0 spiro atoms. The Labute approximate surface area is 89.8 Å². The lowest BCUT2D eigenvalue weighted by atomic mass is 10.1. The molecule has 0 fully saturated rings. The van der Waals surface area contributed by atoms with Crippen molar-refractivity contribution in [3.05, 3.63) is 38.7 Å². The molecule has 0 heterocycles. The van der Waals surface area contributed by atoms with Crippen LogP contribution in [0.1, 0.15) is 12.5 Å². The fraction of sp³-hybridized carbons (Fsp3) is 0.222. The molecular formula is C9H7ClFNO3. The maximum atomic E-state index is 13.0. The topological polar surface area (TPSA) is 60.2 Å². The molecule has 0 aromatic heterocycles. The standard InChI is InChI=1S/C9H7ClFNO3/c1-5(13)2-6-3-8(11)7(10)4-9(6)12(14)15/h3-4H,2H2,1H3. The summed E-state index contributed by atoms with van der Waals surface area (Å²) in [6.07, 6.45) is -0.176. The van der Waals surface area contributed by atoms with E-state index in [0.717, 1.165) is 12.1 Å². The van der Waals surface area contributed by atoms with E-state index in [1.807, 2.05) is 0 Å². The molecule has 0 N–H and O–H groups in total. The largest absolute Gasteiger partial charge is 0.300 e. The van der Waals surface area contributed by atoms with Crippen molar-refractivity contribution >= 4 is 23.1 Å². The molecule has 1 aromatic rings. The second kappa shape index (κ2) is 4.35. The van der Waals surface area contributed by atoms with Crippen LogP contribution >= 0.6 is 11.6 Å². The van der Waals surface area contributed by atoms with E-state index in [1.54, 1.807) is 0 Å². The lowest BCUT2D eigenvalue weighted by Gasteiger charge is -2.02. The summed E-state index contributed by atoms with van der Waals surface area (Å²) in [5.41, 5.74) is -0.300. The van der Waals surface area contributed by atoms with Gasteiger partial charge in [0.05, 0.1) is 9.95 Å². The molecule has 6 heteroatoms. The number of ketones is 1. The van der Waals surface area contributed by atoms with Crippen molar-refractivity contribution in [2.75, 3.05) is 0 Å². The van der Waals surface area contributed by atoms with Gasteiger partial charge in [0.15, 0.2) is 0 Å². The quantitative estimate of drug-likeness (QED) is 0.593. The molecule has 0 aliphatic heterocycles. The van der Waals surface area contributed by atoms with Crippen molar-refractivity contribution < 1.29 is 14.1 Å². The molecule has 1 rings (SSSR count). The van der Waals surface area contributed by atoms with E-state index in [1.165, 1.54) is 6.92 Å². The number of hydrogen-bond acceptors (Lipinski definition) is 3. The molecule has 0 bridgehead atoms. The van der Waals surface area contributed by atoms with Crippen LogP contribution in [0.25, 0.3) is 0 Å². The van der Waals surface area contributed by atoms with E-state index in [4.69, 9.17) is 11.6 Å². The van der Waals surface area contributed by atoms with Crippen LogP contribution in [0.4, 0.5) is 10.1 Å². The number of carbonyl (C=O) groups is 1. The highest BCUT2D eigenvalue weighted by molar-refractivity contribution is 6.31. The van der Waals surface area contributed by atoms with Gasteiger partial charge in [0.2, 0.25) is 0 Å². The van der Waals surface area contributed by atoms with Gasteiger partial charge in [0, 0.05) is 18.1 Å². The number of carbonyl (C=O) groups excluding carboxylic acids is 1. The third kappa shape index (κ3) is 2.73. The summed E-state index contributed by atoms with van der Waals surface area (Å²) >= 11 is 5.40. The lowest BCUT2D eigenvalue weighted by Crippen LogP contribution is -2.02. The maximum absolute atomic E-state index is 13.0. The summed E-state index contributed by atoms with van der Waals surface area (Å²) in [4.78, 5) is 20.7. The van der Waals surface area contributed by atoms with E-state index in [9.17, 15) is 19.3 Å². The van der Waals surface area contributed by atoms with Gasteiger partial charge in [-0.05, 0) is 13.0 Å². The van der Waals surface area contributed by atoms with Gasteiger partial charge in [-0.3, -0.25) is 14.9 Å². The van der Waals surface area contributed by atoms with E-state index in [0.29, 0.717) is 0 Å². The summed E-state index contributed by atoms with van der Waals surface area (Å²) in [5, 5.41) is 10.3. The minimum absolute atomic E-state index is 0.0365. The fourth-order valence-corrected chi connectivity index (χ4v) is 1.32. The lowest BCUT2D eigenvalue weighted by molar-refractivity contribution is -0.385. The van der Waals surface area contributed by atoms with Crippen LogP contribution in [0.15, 0.2) is 12.1 Å². The highest BCUT2D eigenvalue weighted by Gasteiger charge is 2.18. The molecule has 0 radical (unpaired) electrons. The molecule has 0 aliphatic carbocycles. The van der Waals surface area contributed by atoms with E-state index < -0.39 is 10.7 Å². The molecule has 0 atom stereocenters. The Kier molecular flexibility index (Phi) is 3.36. The van der Waals surface area contributed by atoms with Crippen LogP contribution in [0.5, 0.6) is 0 Å². The van der Waals surface area contributed by atoms with Gasteiger partial charge in [-0.1, -0.05) is 11.6 Å². The molecule has 1 aromatic carbocycles. The Morgan fingerprint density at radius 2 is 2.20 bits per heavy atom. The van der Waals surface area contributed by atoms with Crippen LogP contribution < -0.4 is 0 Å². The number of halogens is 2. The maximum Gasteiger partial charge on any atom is 0.274 e. The Morgan fingerprint density at radius 1 is 1.60 bits per heavy atom. The smallest absolute Gasteiger partial charge is 0.274 e. The molecule has 0 aliphatic rings. The van der Waals surface area contributed by atoms with Crippen molar-refractivity contribution in [3.63, 3.8) is 0 Å². The van der Waals surface area contributed by atoms with Crippen molar-refractivity contribution in [2.45, 2.75) is 13.3 Å². The zero-order chi connectivity index (χ0) is 11.6. The number of rotatable bonds is 3. The minimum atomic E-state index is -0.765. The first-order valence-electron chi connectivity index (χ1n) is 4.03. The first-order chi connectivity index (χ1) is 6.91. The average Bonchev–Trinajstić information content (AvgIpc) is 2.09. The predicted molar refractivity (Wildman–Crippen MR) is 52.4 cm³/mol. The number of hydrogen-bond donors (Lipinski definition) is 0. The number of nitrogens with zero attached hydrogens (tertiary/aromatic N) is 1. The normalized spacial score (nSPS) is 10.1. The zero-order valence-electron chi connectivity index (χ0n) is 7.79. The summed E-state index contributed by atoms with van der Waals surface area (Å²) in [7, 11) is 0. The molecular weight excluding hydrogens is 225 g/mol. The first kappa shape index (κ1) is 11.6. The number of benzene rings is 1. The third-order valence-electron chi connectivity index (χ3n) is 1.76. The Balaban J connectivity index is 3.28. The number of Topliss-reactive ketones (excluding diaryl/α,β-unsaturated/α-hetero) is 1. The highest BCUT2D eigenvalue weighted by Crippen LogP contribution is 2.26. The second-order valence-electron chi connectivity index (χ2n) is 3.03. The van der Waals surface area contributed by atoms with Gasteiger partial charge in [0.25, 0.3) is 5.69 Å². The second-order valence-corrected chi connectivity index (χ2v) is 3.44. The SMILES string of the molecule is CC(=O)Cc1cc(F)c(Cl)cc1[N+](=O)[O-]. The van der Waals surface area contributed by atoms with Gasteiger partial charge in [0.1, 0.15) is 11.6 Å². The monoisotopic (exact) mass is 231 g/mol. The van der Waals surface area contributed by atoms with Crippen LogP contribution in [0, 0.1) is 15.9 Å². The summed E-state index contributed by atoms with van der Waals surface area (Å²) in [6.45, 7) is 1.27. The van der Waals surface area contributed by atoms with Gasteiger partial charge >= 0.3 is 0 Å². The summed E-state index contributed by atoms with van der Waals surface area (Å²) < 4.78 is 13.0. The van der Waals surface area contributed by atoms with E-state index in [-0.39, 0.29) is 28.5 Å². The highest BCUT2D eigenvalue weighted by atomic mass is 35.5. The van der Waals surface area contributed by atoms with Crippen molar-refractivity contribution in [3.8, 4) is 0 Å². The van der Waals surface area contributed by atoms with Crippen molar-refractivity contribution in [1.29, 1.82) is 0 Å². The molecule has 0 amide bonds. The van der Waals surface area contributed by atoms with Gasteiger partial charge in [-0.15, -0.1) is 0 Å². The Bertz CT molecular complexity index is 434. The third-order valence-corrected chi connectivity index (χ3v) is 2.05. The molecule has 0 unspecified atom stereocenters. The van der Waals surface area contributed by atoms with Crippen LogP contribution in [0.2, 0.25) is 5.02 Å². The number of nitro benzene ring substituents is 1. The van der Waals surface area contributed by atoms with Crippen molar-refractivity contribution in [1.82, 2.24) is 0 Å². The minimum Gasteiger partial charge on any atom is -0.300 e. The average molecular weight is 232 g/mol. The Morgan fingerprint density at radius 3 is 2.67 bits per heavy atom. The number of nitro groups is 1. The van der Waals surface area contributed by atoms with Crippen LogP contribution in [0.3, 0.4) is 0 Å². The first-order valence-corrected chi connectivity index (χ1v) is 4.41. The molecule has 0 saturated heterocycles. The Hall–Kier alpha value is -1.49. The van der Waals surface area contributed by atoms with Crippen LogP contribution in [-0.4, -0.2) is 10.7 Å².